The van der Waals surface area contributed by atoms with E-state index in [9.17, 15) is 14.7 Å². The Balaban J connectivity index is 1.78. The van der Waals surface area contributed by atoms with Crippen molar-refractivity contribution in [3.63, 3.8) is 0 Å². The third-order valence-electron chi connectivity index (χ3n) is 4.61. The molecule has 1 unspecified atom stereocenters. The monoisotopic (exact) mass is 328 g/mol. The van der Waals surface area contributed by atoms with E-state index < -0.39 is 12.0 Å². The van der Waals surface area contributed by atoms with Crippen molar-refractivity contribution in [2.75, 3.05) is 6.54 Å². The number of benzene rings is 1. The quantitative estimate of drug-likeness (QED) is 0.932. The van der Waals surface area contributed by atoms with Crippen molar-refractivity contribution in [1.29, 1.82) is 0 Å². The highest BCUT2D eigenvalue weighted by atomic mass is 16.5. The Morgan fingerprint density at radius 1 is 1.33 bits per heavy atom. The highest BCUT2D eigenvalue weighted by Gasteiger charge is 2.35. The molecule has 3 rings (SSSR count). The zero-order valence-corrected chi connectivity index (χ0v) is 13.8. The first-order valence-electron chi connectivity index (χ1n) is 8.01. The maximum absolute atomic E-state index is 12.7. The third-order valence-corrected chi connectivity index (χ3v) is 4.61. The number of aryl methyl sites for hydroxylation is 2. The van der Waals surface area contributed by atoms with Gasteiger partial charge in [-0.3, -0.25) is 4.79 Å². The summed E-state index contributed by atoms with van der Waals surface area (Å²) in [6.07, 6.45) is 1.43. The van der Waals surface area contributed by atoms with Gasteiger partial charge < -0.3 is 14.5 Å². The number of amides is 1. The van der Waals surface area contributed by atoms with Gasteiger partial charge in [0.25, 0.3) is 0 Å². The highest BCUT2D eigenvalue weighted by molar-refractivity contribution is 5.85. The van der Waals surface area contributed by atoms with Crippen LogP contribution in [-0.2, 0) is 22.4 Å². The standard InChI is InChI=1S/C18H20N2O4/c1-11-14(12(2)24-19-11)7-8-16(21)20-10-9-13-5-3-4-6-15(13)17(20)18(22)23/h3-6,17H,7-10H2,1-2H3,(H,22,23). The van der Waals surface area contributed by atoms with E-state index in [1.165, 1.54) is 4.90 Å². The lowest BCUT2D eigenvalue weighted by molar-refractivity contribution is -0.151. The number of nitrogens with zero attached hydrogens (tertiary/aromatic N) is 2. The Morgan fingerprint density at radius 3 is 2.75 bits per heavy atom. The summed E-state index contributed by atoms with van der Waals surface area (Å²) in [6, 6.07) is 6.52. The van der Waals surface area contributed by atoms with E-state index in [0.29, 0.717) is 30.7 Å². The van der Waals surface area contributed by atoms with Gasteiger partial charge in [0.1, 0.15) is 5.76 Å². The predicted octanol–water partition coefficient (Wildman–Crippen LogP) is 2.43. The van der Waals surface area contributed by atoms with Gasteiger partial charge in [-0.25, -0.2) is 4.79 Å². The van der Waals surface area contributed by atoms with E-state index >= 15 is 0 Å². The molecule has 0 saturated carbocycles. The van der Waals surface area contributed by atoms with E-state index in [0.717, 1.165) is 16.8 Å². The molecule has 1 amide bonds. The van der Waals surface area contributed by atoms with Gasteiger partial charge in [0, 0.05) is 18.5 Å². The van der Waals surface area contributed by atoms with E-state index in [1.54, 1.807) is 6.07 Å². The summed E-state index contributed by atoms with van der Waals surface area (Å²) in [5.74, 6) is -0.441. The number of hydrogen-bond acceptors (Lipinski definition) is 4. The van der Waals surface area contributed by atoms with Crippen LogP contribution in [0.15, 0.2) is 28.8 Å². The molecule has 2 aromatic rings. The minimum absolute atomic E-state index is 0.156. The number of hydrogen-bond donors (Lipinski definition) is 1. The van der Waals surface area contributed by atoms with E-state index in [2.05, 4.69) is 5.16 Å². The fourth-order valence-electron chi connectivity index (χ4n) is 3.34. The summed E-state index contributed by atoms with van der Waals surface area (Å²) < 4.78 is 5.11. The average Bonchev–Trinajstić information content (AvgIpc) is 2.89. The van der Waals surface area contributed by atoms with Gasteiger partial charge in [-0.1, -0.05) is 29.4 Å². The molecule has 0 aliphatic carbocycles. The maximum Gasteiger partial charge on any atom is 0.331 e. The van der Waals surface area contributed by atoms with E-state index in [1.807, 2.05) is 32.0 Å². The smallest absolute Gasteiger partial charge is 0.331 e. The number of carboxylic acids is 1. The number of carbonyl (C=O) groups excluding carboxylic acids is 1. The lowest BCUT2D eigenvalue weighted by Gasteiger charge is -2.34. The molecule has 0 bridgehead atoms. The van der Waals surface area contributed by atoms with Crippen LogP contribution in [0.25, 0.3) is 0 Å². The fraction of sp³-hybridized carbons (Fsp3) is 0.389. The lowest BCUT2D eigenvalue weighted by atomic mass is 9.92. The molecule has 6 nitrogen and oxygen atoms in total. The third kappa shape index (κ3) is 2.91. The van der Waals surface area contributed by atoms with Crippen molar-refractivity contribution in [1.82, 2.24) is 10.1 Å². The number of fused-ring (bicyclic) bond motifs is 1. The molecule has 1 aliphatic heterocycles. The van der Waals surface area contributed by atoms with Crippen molar-refractivity contribution < 1.29 is 19.2 Å². The summed E-state index contributed by atoms with van der Waals surface area (Å²) in [7, 11) is 0. The molecular formula is C18H20N2O4. The van der Waals surface area contributed by atoms with Crippen molar-refractivity contribution >= 4 is 11.9 Å². The number of rotatable bonds is 4. The Morgan fingerprint density at radius 2 is 2.08 bits per heavy atom. The van der Waals surface area contributed by atoms with Gasteiger partial charge in [0.05, 0.1) is 5.69 Å². The summed E-state index contributed by atoms with van der Waals surface area (Å²) in [5, 5.41) is 13.5. The minimum Gasteiger partial charge on any atom is -0.479 e. The SMILES string of the molecule is Cc1noc(C)c1CCC(=O)N1CCc2ccccc2C1C(=O)O. The van der Waals surface area contributed by atoms with Crippen LogP contribution in [0, 0.1) is 13.8 Å². The van der Waals surface area contributed by atoms with Crippen molar-refractivity contribution in [2.45, 2.75) is 39.2 Å². The topological polar surface area (TPSA) is 83.6 Å². The van der Waals surface area contributed by atoms with Crippen LogP contribution in [0.4, 0.5) is 0 Å². The molecule has 6 heteroatoms. The van der Waals surface area contributed by atoms with Gasteiger partial charge in [0.2, 0.25) is 5.91 Å². The summed E-state index contributed by atoms with van der Waals surface area (Å²) in [6.45, 7) is 4.08. The Labute approximate surface area is 140 Å². The molecule has 1 atom stereocenters. The zero-order chi connectivity index (χ0) is 17.3. The second-order valence-electron chi connectivity index (χ2n) is 6.08. The summed E-state index contributed by atoms with van der Waals surface area (Å²) >= 11 is 0. The van der Waals surface area contributed by atoms with Crippen molar-refractivity contribution in [2.24, 2.45) is 0 Å². The first-order valence-corrected chi connectivity index (χ1v) is 8.01. The highest BCUT2D eigenvalue weighted by Crippen LogP contribution is 2.30. The average molecular weight is 328 g/mol. The molecule has 1 aromatic heterocycles. The molecule has 24 heavy (non-hydrogen) atoms. The minimum atomic E-state index is -0.993. The predicted molar refractivity (Wildman–Crippen MR) is 86.5 cm³/mol. The van der Waals surface area contributed by atoms with Crippen molar-refractivity contribution in [3.8, 4) is 0 Å². The first-order chi connectivity index (χ1) is 11.5. The number of aromatic nitrogens is 1. The van der Waals surface area contributed by atoms with Gasteiger partial charge in [-0.2, -0.15) is 0 Å². The van der Waals surface area contributed by atoms with Gasteiger partial charge >= 0.3 is 5.97 Å². The zero-order valence-electron chi connectivity index (χ0n) is 13.8. The van der Waals surface area contributed by atoms with E-state index in [4.69, 9.17) is 4.52 Å². The molecular weight excluding hydrogens is 308 g/mol. The van der Waals surface area contributed by atoms with Crippen LogP contribution in [0.3, 0.4) is 0 Å². The van der Waals surface area contributed by atoms with Crippen LogP contribution in [0.5, 0.6) is 0 Å². The normalized spacial score (nSPS) is 16.8. The summed E-state index contributed by atoms with van der Waals surface area (Å²) in [4.78, 5) is 25.9. The van der Waals surface area contributed by atoms with Crippen LogP contribution in [0.2, 0.25) is 0 Å². The molecule has 1 aliphatic rings. The number of carboxylic acid groups (broad SMARTS) is 1. The van der Waals surface area contributed by atoms with E-state index in [-0.39, 0.29) is 12.3 Å². The second-order valence-corrected chi connectivity index (χ2v) is 6.08. The molecule has 0 saturated heterocycles. The Kier molecular flexibility index (Phi) is 4.38. The molecule has 1 N–H and O–H groups in total. The number of aliphatic carboxylic acids is 1. The largest absolute Gasteiger partial charge is 0.479 e. The van der Waals surface area contributed by atoms with Gasteiger partial charge in [0.15, 0.2) is 6.04 Å². The molecule has 0 fully saturated rings. The number of carbonyl (C=O) groups is 2. The van der Waals surface area contributed by atoms with Gasteiger partial charge in [-0.15, -0.1) is 0 Å². The molecule has 2 heterocycles. The molecule has 0 radical (unpaired) electrons. The Bertz CT molecular complexity index is 762. The van der Waals surface area contributed by atoms with Crippen LogP contribution < -0.4 is 0 Å². The maximum atomic E-state index is 12.7. The molecule has 1 aromatic carbocycles. The Hall–Kier alpha value is -2.63. The van der Waals surface area contributed by atoms with Crippen LogP contribution >= 0.6 is 0 Å². The van der Waals surface area contributed by atoms with Crippen LogP contribution in [-0.4, -0.2) is 33.6 Å². The first kappa shape index (κ1) is 16.2. The second kappa shape index (κ2) is 6.47. The lowest BCUT2D eigenvalue weighted by Crippen LogP contribution is -2.43. The fourth-order valence-corrected chi connectivity index (χ4v) is 3.34. The van der Waals surface area contributed by atoms with Gasteiger partial charge in [-0.05, 0) is 37.8 Å². The summed E-state index contributed by atoms with van der Waals surface area (Å²) in [5.41, 5.74) is 3.41. The van der Waals surface area contributed by atoms with Crippen molar-refractivity contribution in [3.05, 3.63) is 52.4 Å². The van der Waals surface area contributed by atoms with Crippen LogP contribution in [0.1, 0.15) is 40.6 Å². The molecule has 126 valence electrons. The molecule has 0 spiro atoms.